The summed E-state index contributed by atoms with van der Waals surface area (Å²) in [5, 5.41) is 28.6. The number of aliphatic hydroxyl groups is 3. The number of aliphatic hydroxyl groups excluding tert-OH is 2. The van der Waals surface area contributed by atoms with E-state index in [1.165, 1.54) is 21.1 Å². The predicted molar refractivity (Wildman–Crippen MR) is 62.9 cm³/mol. The van der Waals surface area contributed by atoms with Crippen LogP contribution in [0, 0.1) is 44.1 Å². The van der Waals surface area contributed by atoms with Gasteiger partial charge < -0.3 is 35.3 Å². The Bertz CT molecular complexity index is 273. The number of hydrogen-bond acceptors (Lipinski definition) is 6. The van der Waals surface area contributed by atoms with Crippen molar-refractivity contribution in [3.8, 4) is 0 Å². The summed E-state index contributed by atoms with van der Waals surface area (Å²) in [5.74, 6) is -1.45. The Morgan fingerprint density at radius 2 is 2.00 bits per heavy atom. The molecule has 9 heteroatoms. The molecule has 0 saturated carbocycles. The van der Waals surface area contributed by atoms with E-state index in [2.05, 4.69) is 0 Å². The van der Waals surface area contributed by atoms with Crippen LogP contribution in [0.2, 0.25) is 0 Å². The van der Waals surface area contributed by atoms with E-state index >= 15 is 0 Å². The van der Waals surface area contributed by atoms with Crippen LogP contribution >= 0.6 is 0 Å². The first kappa shape index (κ1) is 24.5. The maximum absolute atomic E-state index is 9.98. The maximum Gasteiger partial charge on any atom is 0.165 e. The minimum atomic E-state index is -1.45. The zero-order valence-electron chi connectivity index (χ0n) is 12.0. The van der Waals surface area contributed by atoms with Crippen LogP contribution in [0.4, 0.5) is 0 Å². The van der Waals surface area contributed by atoms with Gasteiger partial charge in [-0.3, -0.25) is 0 Å². The molecule has 1 rings (SSSR count). The molecule has 2 radical (unpaired) electrons. The molecule has 114 valence electrons. The molecule has 1 fully saturated rings. The van der Waals surface area contributed by atoms with Crippen molar-refractivity contribution in [1.29, 1.82) is 0 Å². The van der Waals surface area contributed by atoms with Gasteiger partial charge in [-0.05, 0) is 6.92 Å². The molecule has 0 amide bonds. The Morgan fingerprint density at radius 1 is 1.45 bits per heavy atom. The second kappa shape index (κ2) is 10.9. The van der Waals surface area contributed by atoms with Gasteiger partial charge in [-0.1, -0.05) is 6.04 Å². The summed E-state index contributed by atoms with van der Waals surface area (Å²) in [6.45, 7) is 0.959. The molecule has 1 aliphatic heterocycles. The normalized spacial score (nSPS) is 36.5. The molecule has 1 heterocycles. The first-order valence-corrected chi connectivity index (χ1v) is 5.82. The number of methoxy groups -OCH3 is 2. The molecule has 7 nitrogen and oxygen atoms in total. The topological polar surface area (TPSA) is 112 Å². The van der Waals surface area contributed by atoms with Crippen molar-refractivity contribution in [3.63, 3.8) is 0 Å². The van der Waals surface area contributed by atoms with E-state index < -0.39 is 42.9 Å². The molecular weight excluding hydrogens is 558 g/mol. The van der Waals surface area contributed by atoms with Gasteiger partial charge in [0.15, 0.2) is 5.79 Å². The Balaban J connectivity index is 0. The Labute approximate surface area is 180 Å². The van der Waals surface area contributed by atoms with Crippen molar-refractivity contribution in [3.05, 3.63) is 5.73 Å². The number of rotatable bonds is 5. The number of nitrogens with one attached hydrogen (secondary N) is 1. The van der Waals surface area contributed by atoms with Crippen LogP contribution in [0.1, 0.15) is 13.3 Å². The largest absolute Gasteiger partial charge is 0.670 e. The minimum Gasteiger partial charge on any atom is -0.670 e. The summed E-state index contributed by atoms with van der Waals surface area (Å²) in [6.07, 6.45) is -3.32. The van der Waals surface area contributed by atoms with Crippen molar-refractivity contribution >= 4 is 0 Å². The molecule has 6 unspecified atom stereocenters. The van der Waals surface area contributed by atoms with E-state index in [0.717, 1.165) is 0 Å². The fourth-order valence-corrected chi connectivity index (χ4v) is 2.24. The van der Waals surface area contributed by atoms with Gasteiger partial charge in [-0.2, -0.15) is 0 Å². The molecule has 1 saturated heterocycles. The third kappa shape index (κ3) is 6.41. The predicted octanol–water partition coefficient (Wildman–Crippen LogP) is -0.715. The maximum atomic E-state index is 9.98. The summed E-state index contributed by atoms with van der Waals surface area (Å²) < 4.78 is 15.6. The zero-order valence-corrected chi connectivity index (χ0v) is 19.6. The van der Waals surface area contributed by atoms with Gasteiger partial charge in [-0.15, -0.1) is 0 Å². The Kier molecular flexibility index (Phi) is 13.4. The SMILES string of the molecule is COC1CC(C)(O)OC(C(OC)C(O)CO)C1[NH-].[Ac].[Y]. The van der Waals surface area contributed by atoms with E-state index in [9.17, 15) is 10.2 Å². The molecule has 0 aromatic carbocycles. The van der Waals surface area contributed by atoms with Gasteiger partial charge in [0.25, 0.3) is 0 Å². The van der Waals surface area contributed by atoms with Crippen molar-refractivity contribution < 1.29 is 106 Å². The Hall–Kier alpha value is 2.27. The second-order valence-electron chi connectivity index (χ2n) is 4.71. The fourth-order valence-electron chi connectivity index (χ4n) is 2.24. The van der Waals surface area contributed by atoms with Crippen LogP contribution in [0.3, 0.4) is 0 Å². The van der Waals surface area contributed by atoms with Crippen LogP contribution in [0.25, 0.3) is 5.73 Å². The zero-order chi connectivity index (χ0) is 13.9. The van der Waals surface area contributed by atoms with Gasteiger partial charge in [-0.25, -0.2) is 0 Å². The molecule has 1 aliphatic rings. The van der Waals surface area contributed by atoms with E-state index in [-0.39, 0.29) is 83.2 Å². The monoisotopic (exact) mass is 580 g/mol. The molecule has 0 bridgehead atoms. The average Bonchev–Trinajstić information content (AvgIpc) is 2.33. The standard InChI is InChI=1S/C11H22NO6.Ac.Y/c1-11(15)4-7(16-2)8(12)10(18-11)9(17-3)6(14)5-13;;/h6-10,12-15H,4-5H2,1-3H3;;/q-1;;. The van der Waals surface area contributed by atoms with Gasteiger partial charge in [0.1, 0.15) is 12.2 Å². The van der Waals surface area contributed by atoms with Crippen molar-refractivity contribution in [2.75, 3.05) is 20.8 Å². The molecule has 0 spiro atoms. The van der Waals surface area contributed by atoms with Gasteiger partial charge >= 0.3 is 0 Å². The third-order valence-electron chi connectivity index (χ3n) is 3.19. The molecule has 4 N–H and O–H groups in total. The summed E-state index contributed by atoms with van der Waals surface area (Å²) in [5.41, 5.74) is 8.03. The minimum absolute atomic E-state index is 0. The second-order valence-corrected chi connectivity index (χ2v) is 4.71. The molecule has 20 heavy (non-hydrogen) atoms. The van der Waals surface area contributed by atoms with Crippen LogP contribution in [-0.2, 0) is 46.9 Å². The summed E-state index contributed by atoms with van der Waals surface area (Å²) in [4.78, 5) is 0. The van der Waals surface area contributed by atoms with Crippen molar-refractivity contribution in [2.24, 2.45) is 0 Å². The van der Waals surface area contributed by atoms with Crippen molar-refractivity contribution in [2.45, 2.75) is 49.6 Å². The fraction of sp³-hybridized carbons (Fsp3) is 1.00. The number of hydrogen-bond donors (Lipinski definition) is 3. The van der Waals surface area contributed by atoms with Gasteiger partial charge in [0, 0.05) is 104 Å². The van der Waals surface area contributed by atoms with Crippen LogP contribution in [-0.4, -0.2) is 72.4 Å². The number of ether oxygens (including phenoxy) is 3. The first-order valence-electron chi connectivity index (χ1n) is 5.82. The summed E-state index contributed by atoms with van der Waals surface area (Å²) >= 11 is 0. The molecule has 0 aromatic heterocycles. The Morgan fingerprint density at radius 3 is 2.40 bits per heavy atom. The van der Waals surface area contributed by atoms with Crippen LogP contribution in [0.5, 0.6) is 0 Å². The smallest absolute Gasteiger partial charge is 0.165 e. The van der Waals surface area contributed by atoms with E-state index in [0.29, 0.717) is 0 Å². The molecule has 0 aliphatic carbocycles. The molecule has 6 atom stereocenters. The quantitative estimate of drug-likeness (QED) is 0.397. The summed E-state index contributed by atoms with van der Waals surface area (Å²) in [7, 11) is 2.81. The van der Waals surface area contributed by atoms with Gasteiger partial charge in [0.2, 0.25) is 0 Å². The van der Waals surface area contributed by atoms with Crippen LogP contribution in [0.15, 0.2) is 0 Å². The average molecular weight is 580 g/mol. The van der Waals surface area contributed by atoms with Crippen LogP contribution < -0.4 is 0 Å². The van der Waals surface area contributed by atoms with Crippen molar-refractivity contribution in [1.82, 2.24) is 0 Å². The first-order chi connectivity index (χ1) is 8.36. The van der Waals surface area contributed by atoms with Gasteiger partial charge in [0.05, 0.1) is 12.7 Å². The third-order valence-corrected chi connectivity index (χ3v) is 3.19. The molecule has 0 aromatic rings. The van der Waals surface area contributed by atoms with E-state index in [1.54, 1.807) is 0 Å². The van der Waals surface area contributed by atoms with E-state index in [1.807, 2.05) is 0 Å². The van der Waals surface area contributed by atoms with E-state index in [4.69, 9.17) is 25.1 Å². The molecular formula is C11H22AcNO6Y-. The summed E-state index contributed by atoms with van der Waals surface area (Å²) in [6, 6.07) is -0.818.